The molecule has 0 bridgehead atoms. The molecule has 0 aliphatic heterocycles. The Balaban J connectivity index is 2.51. The van der Waals surface area contributed by atoms with Crippen LogP contribution in [0.25, 0.3) is 0 Å². The topological polar surface area (TPSA) is 12.0 Å². The van der Waals surface area contributed by atoms with Crippen molar-refractivity contribution in [1.82, 2.24) is 5.32 Å². The molecule has 1 atom stereocenters. The summed E-state index contributed by atoms with van der Waals surface area (Å²) in [6, 6.07) is 10.9. The molecule has 0 amide bonds. The van der Waals surface area contributed by atoms with Crippen LogP contribution >= 0.6 is 15.9 Å². The van der Waals surface area contributed by atoms with Gasteiger partial charge < -0.3 is 5.32 Å². The van der Waals surface area contributed by atoms with E-state index in [1.54, 1.807) is 0 Å². The zero-order valence-electron chi connectivity index (χ0n) is 9.55. The number of nitrogens with one attached hydrogen (secondary N) is 1. The first-order valence-corrected chi connectivity index (χ1v) is 6.00. The van der Waals surface area contributed by atoms with Crippen molar-refractivity contribution in [1.29, 1.82) is 0 Å². The summed E-state index contributed by atoms with van der Waals surface area (Å²) in [5.41, 5.74) is 2.65. The molecule has 1 N–H and O–H groups in total. The zero-order chi connectivity index (χ0) is 11.3. The molecule has 1 aromatic carbocycles. The maximum atomic E-state index is 3.56. The van der Waals surface area contributed by atoms with Gasteiger partial charge in [-0.05, 0) is 26.3 Å². The van der Waals surface area contributed by atoms with Crippen molar-refractivity contribution in [2.75, 3.05) is 6.54 Å². The Kier molecular flexibility index (Phi) is 5.06. The van der Waals surface area contributed by atoms with Crippen molar-refractivity contribution in [2.45, 2.75) is 26.8 Å². The van der Waals surface area contributed by atoms with Crippen LogP contribution in [-0.2, 0) is 0 Å². The van der Waals surface area contributed by atoms with Crippen LogP contribution in [-0.4, -0.2) is 6.54 Å². The van der Waals surface area contributed by atoms with Gasteiger partial charge in [0, 0.05) is 17.1 Å². The number of rotatable bonds is 4. The van der Waals surface area contributed by atoms with Crippen LogP contribution in [0.4, 0.5) is 0 Å². The highest BCUT2D eigenvalue weighted by Crippen LogP contribution is 2.14. The summed E-state index contributed by atoms with van der Waals surface area (Å²) in [4.78, 5) is 0. The summed E-state index contributed by atoms with van der Waals surface area (Å²) in [5, 5.41) is 3.48. The standard InChI is InChI=1S/C13H18BrN/c1-10(2)13(14)9-15-11(3)12-7-5-4-6-8-12/h4-8,11,15H,9H2,1-3H3/t11-/m0/s1. The highest BCUT2D eigenvalue weighted by molar-refractivity contribution is 9.11. The number of hydrogen-bond acceptors (Lipinski definition) is 1. The van der Waals surface area contributed by atoms with Crippen LogP contribution < -0.4 is 5.32 Å². The monoisotopic (exact) mass is 267 g/mol. The molecule has 0 spiro atoms. The third-order valence-electron chi connectivity index (χ3n) is 2.41. The molecule has 0 fully saturated rings. The summed E-state index contributed by atoms with van der Waals surface area (Å²) in [6.07, 6.45) is 0. The molecule has 0 radical (unpaired) electrons. The summed E-state index contributed by atoms with van der Waals surface area (Å²) in [5.74, 6) is 0. The van der Waals surface area contributed by atoms with Gasteiger partial charge >= 0.3 is 0 Å². The molecule has 1 rings (SSSR count). The fourth-order valence-corrected chi connectivity index (χ4v) is 1.44. The van der Waals surface area contributed by atoms with Crippen LogP contribution in [0, 0.1) is 0 Å². The molecule has 82 valence electrons. The summed E-state index contributed by atoms with van der Waals surface area (Å²) in [7, 11) is 0. The lowest BCUT2D eigenvalue weighted by molar-refractivity contribution is 0.614. The molecule has 1 aromatic rings. The first kappa shape index (κ1) is 12.5. The molecule has 0 aliphatic rings. The van der Waals surface area contributed by atoms with Crippen LogP contribution in [0.15, 0.2) is 40.4 Å². The summed E-state index contributed by atoms with van der Waals surface area (Å²) >= 11 is 3.56. The van der Waals surface area contributed by atoms with E-state index in [0.717, 1.165) is 6.54 Å². The highest BCUT2D eigenvalue weighted by atomic mass is 79.9. The number of benzene rings is 1. The Morgan fingerprint density at radius 1 is 1.27 bits per heavy atom. The predicted octanol–water partition coefficient (Wildman–Crippen LogP) is 4.03. The van der Waals surface area contributed by atoms with E-state index in [4.69, 9.17) is 0 Å². The Hall–Kier alpha value is -0.600. The van der Waals surface area contributed by atoms with E-state index < -0.39 is 0 Å². The van der Waals surface area contributed by atoms with Crippen molar-refractivity contribution in [3.05, 3.63) is 46.0 Å². The maximum Gasteiger partial charge on any atom is 0.0295 e. The van der Waals surface area contributed by atoms with Crippen LogP contribution in [0.2, 0.25) is 0 Å². The second-order valence-electron chi connectivity index (χ2n) is 3.92. The molecular formula is C13H18BrN. The van der Waals surface area contributed by atoms with Crippen LogP contribution in [0.3, 0.4) is 0 Å². The van der Waals surface area contributed by atoms with Crippen molar-refractivity contribution in [3.8, 4) is 0 Å². The average molecular weight is 268 g/mol. The lowest BCUT2D eigenvalue weighted by Gasteiger charge is -2.14. The van der Waals surface area contributed by atoms with Gasteiger partial charge in [0.1, 0.15) is 0 Å². The van der Waals surface area contributed by atoms with Gasteiger partial charge in [-0.15, -0.1) is 0 Å². The summed E-state index contributed by atoms with van der Waals surface area (Å²) in [6.45, 7) is 7.29. The molecule has 0 saturated carbocycles. The van der Waals surface area contributed by atoms with E-state index in [0.29, 0.717) is 6.04 Å². The number of hydrogen-bond donors (Lipinski definition) is 1. The molecule has 0 aromatic heterocycles. The molecular weight excluding hydrogens is 250 g/mol. The fraction of sp³-hybridized carbons (Fsp3) is 0.385. The molecule has 0 aliphatic carbocycles. The lowest BCUT2D eigenvalue weighted by atomic mass is 10.1. The van der Waals surface area contributed by atoms with Gasteiger partial charge in [-0.3, -0.25) is 0 Å². The van der Waals surface area contributed by atoms with Gasteiger partial charge in [-0.2, -0.15) is 0 Å². The Morgan fingerprint density at radius 3 is 2.40 bits per heavy atom. The first-order chi connectivity index (χ1) is 7.11. The Bertz CT molecular complexity index is 326. The molecule has 15 heavy (non-hydrogen) atoms. The highest BCUT2D eigenvalue weighted by Gasteiger charge is 2.04. The van der Waals surface area contributed by atoms with E-state index in [9.17, 15) is 0 Å². The predicted molar refractivity (Wildman–Crippen MR) is 70.2 cm³/mol. The minimum atomic E-state index is 0.387. The van der Waals surface area contributed by atoms with Crippen molar-refractivity contribution < 1.29 is 0 Å². The number of halogens is 1. The van der Waals surface area contributed by atoms with Gasteiger partial charge in [-0.25, -0.2) is 0 Å². The largest absolute Gasteiger partial charge is 0.306 e. The lowest BCUT2D eigenvalue weighted by Crippen LogP contribution is -2.20. The SMILES string of the molecule is CC(C)=C(Br)CN[C@@H](C)c1ccccc1. The van der Waals surface area contributed by atoms with E-state index in [1.165, 1.54) is 15.6 Å². The van der Waals surface area contributed by atoms with Crippen molar-refractivity contribution in [3.63, 3.8) is 0 Å². The molecule has 2 heteroatoms. The van der Waals surface area contributed by atoms with Gasteiger partial charge in [0.25, 0.3) is 0 Å². The third-order valence-corrected chi connectivity index (χ3v) is 3.48. The molecule has 0 saturated heterocycles. The van der Waals surface area contributed by atoms with E-state index in [2.05, 4.69) is 66.3 Å². The van der Waals surface area contributed by atoms with E-state index >= 15 is 0 Å². The van der Waals surface area contributed by atoms with Gasteiger partial charge in [0.05, 0.1) is 0 Å². The van der Waals surface area contributed by atoms with Gasteiger partial charge in [0.15, 0.2) is 0 Å². The molecule has 0 unspecified atom stereocenters. The smallest absolute Gasteiger partial charge is 0.0295 e. The second kappa shape index (κ2) is 6.09. The Morgan fingerprint density at radius 2 is 1.87 bits per heavy atom. The average Bonchev–Trinajstić information content (AvgIpc) is 2.26. The maximum absolute atomic E-state index is 3.56. The minimum absolute atomic E-state index is 0.387. The summed E-state index contributed by atoms with van der Waals surface area (Å²) < 4.78 is 1.24. The zero-order valence-corrected chi connectivity index (χ0v) is 11.1. The van der Waals surface area contributed by atoms with Crippen LogP contribution in [0.5, 0.6) is 0 Å². The first-order valence-electron chi connectivity index (χ1n) is 5.21. The van der Waals surface area contributed by atoms with Crippen molar-refractivity contribution >= 4 is 15.9 Å². The number of allylic oxidation sites excluding steroid dienone is 1. The third kappa shape index (κ3) is 4.18. The van der Waals surface area contributed by atoms with Gasteiger partial charge in [0.2, 0.25) is 0 Å². The fourth-order valence-electron chi connectivity index (χ4n) is 1.28. The molecule has 1 nitrogen and oxygen atoms in total. The van der Waals surface area contributed by atoms with Gasteiger partial charge in [-0.1, -0.05) is 51.8 Å². The molecule has 0 heterocycles. The normalized spacial score (nSPS) is 12.3. The quantitative estimate of drug-likeness (QED) is 0.869. The van der Waals surface area contributed by atoms with Crippen molar-refractivity contribution in [2.24, 2.45) is 0 Å². The second-order valence-corrected chi connectivity index (χ2v) is 4.88. The Labute approximate surface area is 101 Å². The van der Waals surface area contributed by atoms with Crippen LogP contribution in [0.1, 0.15) is 32.4 Å². The van der Waals surface area contributed by atoms with E-state index in [1.807, 2.05) is 6.07 Å². The van der Waals surface area contributed by atoms with E-state index in [-0.39, 0.29) is 0 Å². The minimum Gasteiger partial charge on any atom is -0.306 e.